The second kappa shape index (κ2) is 11.0. The van der Waals surface area contributed by atoms with Crippen LogP contribution in [0.5, 0.6) is 0 Å². The Morgan fingerprint density at radius 3 is 2.12 bits per heavy atom. The number of carboxylic acid groups (broad SMARTS) is 1. The number of hydrogen-bond acceptors (Lipinski definition) is 5. The van der Waals surface area contributed by atoms with Crippen molar-refractivity contribution in [3.8, 4) is 11.1 Å². The third kappa shape index (κ3) is 5.51. The minimum atomic E-state index is -1.18. The Morgan fingerprint density at radius 2 is 1.61 bits per heavy atom. The highest BCUT2D eigenvalue weighted by Crippen LogP contribution is 2.44. The molecule has 0 aliphatic heterocycles. The van der Waals surface area contributed by atoms with E-state index in [2.05, 4.69) is 22.8 Å². The van der Waals surface area contributed by atoms with Crippen molar-refractivity contribution in [3.63, 3.8) is 0 Å². The predicted molar refractivity (Wildman–Crippen MR) is 123 cm³/mol. The summed E-state index contributed by atoms with van der Waals surface area (Å²) in [7, 11) is 1.26. The van der Waals surface area contributed by atoms with Crippen molar-refractivity contribution in [3.05, 3.63) is 59.7 Å². The van der Waals surface area contributed by atoms with Crippen molar-refractivity contribution >= 4 is 18.0 Å². The number of carbonyl (C=O) groups excluding carboxylic acids is 2. The lowest BCUT2D eigenvalue weighted by atomic mass is 9.98. The molecule has 0 radical (unpaired) electrons. The maximum absolute atomic E-state index is 12.7. The number of alkyl carbamates (subject to hydrolysis) is 1. The van der Waals surface area contributed by atoms with Gasteiger partial charge in [-0.05, 0) is 28.2 Å². The Balaban J connectivity index is 1.64. The van der Waals surface area contributed by atoms with Crippen LogP contribution < -0.4 is 10.6 Å². The second-order valence-corrected chi connectivity index (χ2v) is 8.14. The predicted octanol–water partition coefficient (Wildman–Crippen LogP) is 3.16. The SMILES string of the molecule is CCC(C)[C@H](NC(=O)OCC1c2ccccc2-c2ccccc21)C(=O)NCC(OC)C(=O)O. The van der Waals surface area contributed by atoms with Crippen LogP contribution in [0, 0.1) is 5.92 Å². The van der Waals surface area contributed by atoms with Crippen molar-refractivity contribution in [2.24, 2.45) is 5.92 Å². The number of fused-ring (bicyclic) bond motifs is 3. The largest absolute Gasteiger partial charge is 0.479 e. The van der Waals surface area contributed by atoms with Crippen LogP contribution in [0.2, 0.25) is 0 Å². The molecule has 2 amide bonds. The summed E-state index contributed by atoms with van der Waals surface area (Å²) in [6, 6.07) is 15.2. The molecule has 2 aromatic carbocycles. The molecule has 1 aliphatic carbocycles. The Hall–Kier alpha value is -3.39. The number of carbonyl (C=O) groups is 3. The molecule has 0 saturated carbocycles. The number of aliphatic carboxylic acids is 1. The third-order valence-electron chi connectivity index (χ3n) is 6.13. The van der Waals surface area contributed by atoms with Crippen molar-refractivity contribution < 1.29 is 29.0 Å². The first kappa shape index (κ1) is 24.3. The highest BCUT2D eigenvalue weighted by Gasteiger charge is 2.31. The van der Waals surface area contributed by atoms with Gasteiger partial charge in [0.05, 0.1) is 6.54 Å². The minimum Gasteiger partial charge on any atom is -0.479 e. The van der Waals surface area contributed by atoms with Gasteiger partial charge in [0.2, 0.25) is 5.91 Å². The Bertz CT molecular complexity index is 962. The zero-order valence-electron chi connectivity index (χ0n) is 19.0. The number of methoxy groups -OCH3 is 1. The molecule has 176 valence electrons. The molecule has 0 fully saturated rings. The van der Waals surface area contributed by atoms with E-state index in [0.29, 0.717) is 6.42 Å². The molecule has 3 rings (SSSR count). The molecule has 0 saturated heterocycles. The molecule has 0 heterocycles. The molecule has 1 aliphatic rings. The van der Waals surface area contributed by atoms with Crippen LogP contribution in [-0.4, -0.2) is 55.5 Å². The van der Waals surface area contributed by atoms with Gasteiger partial charge in [-0.25, -0.2) is 9.59 Å². The maximum atomic E-state index is 12.7. The van der Waals surface area contributed by atoms with Crippen molar-refractivity contribution in [1.29, 1.82) is 0 Å². The first-order valence-electron chi connectivity index (χ1n) is 11.0. The van der Waals surface area contributed by atoms with Gasteiger partial charge in [0, 0.05) is 13.0 Å². The average Bonchev–Trinajstić information content (AvgIpc) is 3.14. The van der Waals surface area contributed by atoms with Crippen LogP contribution in [0.4, 0.5) is 4.79 Å². The summed E-state index contributed by atoms with van der Waals surface area (Å²) in [5.41, 5.74) is 4.46. The van der Waals surface area contributed by atoms with Gasteiger partial charge in [-0.15, -0.1) is 0 Å². The van der Waals surface area contributed by atoms with Crippen molar-refractivity contribution in [1.82, 2.24) is 10.6 Å². The fourth-order valence-corrected chi connectivity index (χ4v) is 4.04. The second-order valence-electron chi connectivity index (χ2n) is 8.14. The summed E-state index contributed by atoms with van der Waals surface area (Å²) in [5, 5.41) is 14.3. The summed E-state index contributed by atoms with van der Waals surface area (Å²) in [6.45, 7) is 3.67. The Morgan fingerprint density at radius 1 is 1.03 bits per heavy atom. The summed E-state index contributed by atoms with van der Waals surface area (Å²) in [6.07, 6.45) is -1.23. The van der Waals surface area contributed by atoms with E-state index in [-0.39, 0.29) is 25.0 Å². The summed E-state index contributed by atoms with van der Waals surface area (Å²) < 4.78 is 10.4. The molecule has 3 atom stereocenters. The molecular formula is C25H30N2O6. The topological polar surface area (TPSA) is 114 Å². The Kier molecular flexibility index (Phi) is 8.06. The summed E-state index contributed by atoms with van der Waals surface area (Å²) >= 11 is 0. The van der Waals surface area contributed by atoms with Crippen molar-refractivity contribution in [2.75, 3.05) is 20.3 Å². The Labute approximate surface area is 193 Å². The first-order chi connectivity index (χ1) is 15.9. The normalized spacial score (nSPS) is 15.0. The number of hydrogen-bond donors (Lipinski definition) is 3. The minimum absolute atomic E-state index is 0.0861. The highest BCUT2D eigenvalue weighted by molar-refractivity contribution is 5.86. The monoisotopic (exact) mass is 454 g/mol. The molecule has 0 spiro atoms. The van der Waals surface area contributed by atoms with Gasteiger partial charge in [-0.3, -0.25) is 4.79 Å². The summed E-state index contributed by atoms with van der Waals surface area (Å²) in [5.74, 6) is -1.93. The smallest absolute Gasteiger partial charge is 0.407 e. The first-order valence-corrected chi connectivity index (χ1v) is 11.0. The average molecular weight is 455 g/mol. The zero-order chi connectivity index (χ0) is 24.0. The van der Waals surface area contributed by atoms with Crippen LogP contribution in [-0.2, 0) is 19.1 Å². The molecule has 2 aromatic rings. The van der Waals surface area contributed by atoms with Gasteiger partial charge in [0.1, 0.15) is 12.6 Å². The number of carboxylic acids is 1. The molecule has 33 heavy (non-hydrogen) atoms. The molecule has 2 unspecified atom stereocenters. The van der Waals surface area contributed by atoms with Gasteiger partial charge < -0.3 is 25.2 Å². The van der Waals surface area contributed by atoms with E-state index in [1.807, 2.05) is 50.2 Å². The molecule has 8 nitrogen and oxygen atoms in total. The molecule has 3 N–H and O–H groups in total. The van der Waals surface area contributed by atoms with E-state index < -0.39 is 30.1 Å². The van der Waals surface area contributed by atoms with E-state index >= 15 is 0 Å². The molecule has 8 heteroatoms. The molecular weight excluding hydrogens is 424 g/mol. The lowest BCUT2D eigenvalue weighted by Crippen LogP contribution is -2.52. The maximum Gasteiger partial charge on any atom is 0.407 e. The number of benzene rings is 2. The van der Waals surface area contributed by atoms with Gasteiger partial charge in [-0.2, -0.15) is 0 Å². The lowest BCUT2D eigenvalue weighted by Gasteiger charge is -2.24. The molecule has 0 bridgehead atoms. The fraction of sp³-hybridized carbons (Fsp3) is 0.400. The van der Waals surface area contributed by atoms with Crippen LogP contribution in [0.3, 0.4) is 0 Å². The number of ether oxygens (including phenoxy) is 2. The summed E-state index contributed by atoms with van der Waals surface area (Å²) in [4.78, 5) is 36.4. The van der Waals surface area contributed by atoms with Crippen molar-refractivity contribution in [2.45, 2.75) is 38.3 Å². The lowest BCUT2D eigenvalue weighted by molar-refractivity contribution is -0.148. The van der Waals surface area contributed by atoms with Crippen LogP contribution in [0.15, 0.2) is 48.5 Å². The highest BCUT2D eigenvalue weighted by atomic mass is 16.5. The zero-order valence-corrected chi connectivity index (χ0v) is 19.0. The quantitative estimate of drug-likeness (QED) is 0.508. The number of rotatable bonds is 10. The third-order valence-corrected chi connectivity index (χ3v) is 6.13. The van der Waals surface area contributed by atoms with E-state index in [1.54, 1.807) is 0 Å². The van der Waals surface area contributed by atoms with Gasteiger partial charge in [0.15, 0.2) is 6.10 Å². The fourth-order valence-electron chi connectivity index (χ4n) is 4.04. The van der Waals surface area contributed by atoms with E-state index in [4.69, 9.17) is 14.6 Å². The number of amides is 2. The standard InChI is InChI=1S/C25H30N2O6/c1-4-15(2)22(23(28)26-13-21(32-3)24(29)30)27-25(31)33-14-20-18-11-7-5-9-16(18)17-10-6-8-12-19(17)20/h5-12,15,20-22H,4,13-14H2,1-3H3,(H,26,28)(H,27,31)(H,29,30)/t15?,21?,22-/m0/s1. The molecule has 0 aromatic heterocycles. The van der Waals surface area contributed by atoms with Gasteiger partial charge >= 0.3 is 12.1 Å². The van der Waals surface area contributed by atoms with E-state index in [1.165, 1.54) is 7.11 Å². The van der Waals surface area contributed by atoms with Crippen LogP contribution in [0.1, 0.15) is 37.3 Å². The van der Waals surface area contributed by atoms with Gasteiger partial charge in [-0.1, -0.05) is 68.8 Å². The van der Waals surface area contributed by atoms with Crippen LogP contribution in [0.25, 0.3) is 11.1 Å². The van der Waals surface area contributed by atoms with E-state index in [9.17, 15) is 14.4 Å². The van der Waals surface area contributed by atoms with Gasteiger partial charge in [0.25, 0.3) is 0 Å². The van der Waals surface area contributed by atoms with E-state index in [0.717, 1.165) is 22.3 Å². The van der Waals surface area contributed by atoms with Crippen LogP contribution >= 0.6 is 0 Å². The number of nitrogens with one attached hydrogen (secondary N) is 2.